The zero-order chi connectivity index (χ0) is 10.5. The minimum Gasteiger partial charge on any atom is -0.313 e. The molecule has 0 aliphatic carbocycles. The second kappa shape index (κ2) is 5.24. The summed E-state index contributed by atoms with van der Waals surface area (Å²) >= 11 is 0. The van der Waals surface area contributed by atoms with Gasteiger partial charge in [0.15, 0.2) is 0 Å². The third-order valence-electron chi connectivity index (χ3n) is 2.79. The number of nitrogens with zero attached hydrogens (tertiary/aromatic N) is 2. The van der Waals surface area contributed by atoms with Gasteiger partial charge in [0.1, 0.15) is 0 Å². The van der Waals surface area contributed by atoms with E-state index in [2.05, 4.69) is 34.3 Å². The number of aromatic nitrogens is 1. The van der Waals surface area contributed by atoms with E-state index in [1.807, 2.05) is 12.3 Å². The predicted molar refractivity (Wildman–Crippen MR) is 61.6 cm³/mol. The molecule has 82 valence electrons. The van der Waals surface area contributed by atoms with Gasteiger partial charge >= 0.3 is 0 Å². The van der Waals surface area contributed by atoms with Crippen LogP contribution in [0.1, 0.15) is 19.0 Å². The Labute approximate surface area is 91.5 Å². The van der Waals surface area contributed by atoms with Crippen molar-refractivity contribution in [2.45, 2.75) is 25.9 Å². The van der Waals surface area contributed by atoms with Gasteiger partial charge in [0, 0.05) is 25.3 Å². The van der Waals surface area contributed by atoms with Gasteiger partial charge in [0.25, 0.3) is 0 Å². The molecule has 1 aromatic rings. The molecule has 0 amide bonds. The Morgan fingerprint density at radius 3 is 3.27 bits per heavy atom. The molecule has 0 radical (unpaired) electrons. The lowest BCUT2D eigenvalue weighted by atomic mass is 10.3. The van der Waals surface area contributed by atoms with Crippen molar-refractivity contribution in [3.8, 4) is 0 Å². The van der Waals surface area contributed by atoms with E-state index in [9.17, 15) is 0 Å². The number of nitrogens with one attached hydrogen (secondary N) is 1. The molecule has 0 spiro atoms. The summed E-state index contributed by atoms with van der Waals surface area (Å²) in [7, 11) is 0. The lowest BCUT2D eigenvalue weighted by Crippen LogP contribution is -2.35. The first-order chi connectivity index (χ1) is 7.34. The molecule has 2 heterocycles. The van der Waals surface area contributed by atoms with E-state index in [-0.39, 0.29) is 0 Å². The Balaban J connectivity index is 1.93. The van der Waals surface area contributed by atoms with E-state index in [0.29, 0.717) is 6.04 Å². The van der Waals surface area contributed by atoms with Crippen molar-refractivity contribution in [3.05, 3.63) is 30.1 Å². The van der Waals surface area contributed by atoms with Crippen LogP contribution in [0.4, 0.5) is 0 Å². The van der Waals surface area contributed by atoms with Crippen molar-refractivity contribution in [2.24, 2.45) is 0 Å². The summed E-state index contributed by atoms with van der Waals surface area (Å²) in [5, 5.41) is 3.50. The van der Waals surface area contributed by atoms with Crippen molar-refractivity contribution in [1.29, 1.82) is 0 Å². The van der Waals surface area contributed by atoms with Crippen LogP contribution >= 0.6 is 0 Å². The van der Waals surface area contributed by atoms with Crippen LogP contribution in [0.3, 0.4) is 0 Å². The van der Waals surface area contributed by atoms with Crippen LogP contribution in [0.15, 0.2) is 24.4 Å². The largest absolute Gasteiger partial charge is 0.313 e. The van der Waals surface area contributed by atoms with Gasteiger partial charge in [0.05, 0.1) is 5.69 Å². The normalized spacial score (nSPS) is 23.7. The fourth-order valence-electron chi connectivity index (χ4n) is 2.06. The van der Waals surface area contributed by atoms with E-state index in [4.69, 9.17) is 0 Å². The summed E-state index contributed by atoms with van der Waals surface area (Å²) in [6, 6.07) is 6.72. The second-order valence-electron chi connectivity index (χ2n) is 4.26. The van der Waals surface area contributed by atoms with E-state index < -0.39 is 0 Å². The van der Waals surface area contributed by atoms with Crippen LogP contribution in [0.25, 0.3) is 0 Å². The molecule has 1 aromatic heterocycles. The Hall–Kier alpha value is -0.930. The summed E-state index contributed by atoms with van der Waals surface area (Å²) in [5.74, 6) is 0. The highest BCUT2D eigenvalue weighted by atomic mass is 15.2. The highest BCUT2D eigenvalue weighted by Crippen LogP contribution is 2.05. The zero-order valence-electron chi connectivity index (χ0n) is 9.32. The summed E-state index contributed by atoms with van der Waals surface area (Å²) in [6.45, 7) is 6.66. The summed E-state index contributed by atoms with van der Waals surface area (Å²) in [5.41, 5.74) is 1.17. The molecule has 1 saturated heterocycles. The molecule has 3 nitrogen and oxygen atoms in total. The first-order valence-corrected chi connectivity index (χ1v) is 5.70. The highest BCUT2D eigenvalue weighted by Gasteiger charge is 2.14. The summed E-state index contributed by atoms with van der Waals surface area (Å²) in [6.07, 6.45) is 3.10. The number of hydrogen-bond acceptors (Lipinski definition) is 3. The van der Waals surface area contributed by atoms with Crippen molar-refractivity contribution >= 4 is 0 Å². The Morgan fingerprint density at radius 1 is 1.53 bits per heavy atom. The molecule has 1 aliphatic heterocycles. The number of pyridine rings is 1. The van der Waals surface area contributed by atoms with E-state index in [1.165, 1.54) is 18.7 Å². The lowest BCUT2D eigenvalue weighted by molar-refractivity contribution is 0.262. The molecule has 0 aromatic carbocycles. The van der Waals surface area contributed by atoms with Crippen LogP contribution in [0, 0.1) is 0 Å². The van der Waals surface area contributed by atoms with Gasteiger partial charge in [-0.25, -0.2) is 0 Å². The molecule has 1 unspecified atom stereocenters. The lowest BCUT2D eigenvalue weighted by Gasteiger charge is -2.21. The van der Waals surface area contributed by atoms with Gasteiger partial charge in [-0.15, -0.1) is 0 Å². The summed E-state index contributed by atoms with van der Waals surface area (Å²) in [4.78, 5) is 6.85. The molecule has 1 N–H and O–H groups in total. The SMILES string of the molecule is CC1CN(Cc2ccccn2)CCCN1. The van der Waals surface area contributed by atoms with E-state index in [1.54, 1.807) is 0 Å². The molecule has 2 rings (SSSR count). The molecular formula is C12H19N3. The standard InChI is InChI=1S/C12H19N3/c1-11-9-15(8-4-7-13-11)10-12-5-2-3-6-14-12/h2-3,5-6,11,13H,4,7-10H2,1H3. The predicted octanol–water partition coefficient (Wildman–Crippen LogP) is 1.27. The van der Waals surface area contributed by atoms with Crippen LogP contribution in [-0.4, -0.2) is 35.6 Å². The van der Waals surface area contributed by atoms with Crippen LogP contribution in [-0.2, 0) is 6.54 Å². The van der Waals surface area contributed by atoms with Gasteiger partial charge in [0.2, 0.25) is 0 Å². The van der Waals surface area contributed by atoms with Crippen molar-refractivity contribution in [2.75, 3.05) is 19.6 Å². The molecule has 3 heteroatoms. The van der Waals surface area contributed by atoms with E-state index in [0.717, 1.165) is 19.6 Å². The van der Waals surface area contributed by atoms with Crippen molar-refractivity contribution in [1.82, 2.24) is 15.2 Å². The van der Waals surface area contributed by atoms with Gasteiger partial charge in [-0.05, 0) is 38.6 Å². The Bertz CT molecular complexity index is 286. The smallest absolute Gasteiger partial charge is 0.0543 e. The molecule has 1 fully saturated rings. The highest BCUT2D eigenvalue weighted by molar-refractivity contribution is 5.03. The van der Waals surface area contributed by atoms with Crippen LogP contribution < -0.4 is 5.32 Å². The monoisotopic (exact) mass is 205 g/mol. The number of rotatable bonds is 2. The maximum absolute atomic E-state index is 4.37. The average Bonchev–Trinajstić information content (AvgIpc) is 2.44. The van der Waals surface area contributed by atoms with Gasteiger partial charge in [-0.2, -0.15) is 0 Å². The molecule has 1 aliphatic rings. The number of hydrogen-bond donors (Lipinski definition) is 1. The maximum atomic E-state index is 4.37. The third kappa shape index (κ3) is 3.29. The minimum absolute atomic E-state index is 0.594. The fourth-order valence-corrected chi connectivity index (χ4v) is 2.06. The maximum Gasteiger partial charge on any atom is 0.0543 e. The second-order valence-corrected chi connectivity index (χ2v) is 4.26. The van der Waals surface area contributed by atoms with Crippen LogP contribution in [0.2, 0.25) is 0 Å². The average molecular weight is 205 g/mol. The van der Waals surface area contributed by atoms with Gasteiger partial charge in [-0.1, -0.05) is 6.07 Å². The topological polar surface area (TPSA) is 28.2 Å². The molecule has 1 atom stereocenters. The quantitative estimate of drug-likeness (QED) is 0.788. The third-order valence-corrected chi connectivity index (χ3v) is 2.79. The summed E-state index contributed by atoms with van der Waals surface area (Å²) < 4.78 is 0. The van der Waals surface area contributed by atoms with Crippen molar-refractivity contribution in [3.63, 3.8) is 0 Å². The molecule has 15 heavy (non-hydrogen) atoms. The zero-order valence-corrected chi connectivity index (χ0v) is 9.32. The Morgan fingerprint density at radius 2 is 2.47 bits per heavy atom. The van der Waals surface area contributed by atoms with Gasteiger partial charge in [-0.3, -0.25) is 9.88 Å². The van der Waals surface area contributed by atoms with E-state index >= 15 is 0 Å². The minimum atomic E-state index is 0.594. The molecule has 0 saturated carbocycles. The molecule has 0 bridgehead atoms. The van der Waals surface area contributed by atoms with Gasteiger partial charge < -0.3 is 5.32 Å². The first-order valence-electron chi connectivity index (χ1n) is 5.70. The van der Waals surface area contributed by atoms with Crippen LogP contribution in [0.5, 0.6) is 0 Å². The molecular weight excluding hydrogens is 186 g/mol. The first kappa shape index (κ1) is 10.6. The fraction of sp³-hybridized carbons (Fsp3) is 0.583. The van der Waals surface area contributed by atoms with Crippen molar-refractivity contribution < 1.29 is 0 Å². The Kier molecular flexibility index (Phi) is 3.69.